The van der Waals surface area contributed by atoms with E-state index in [0.717, 1.165) is 18.5 Å². The van der Waals surface area contributed by atoms with Gasteiger partial charge in [-0.3, -0.25) is 4.90 Å². The summed E-state index contributed by atoms with van der Waals surface area (Å²) in [5.41, 5.74) is 14.9. The number of benzene rings is 1. The van der Waals surface area contributed by atoms with Crippen LogP contribution in [0, 0.1) is 0 Å². The molecule has 6 heteroatoms. The quantitative estimate of drug-likeness (QED) is 0.900. The molecule has 21 heavy (non-hydrogen) atoms. The predicted octanol–water partition coefficient (Wildman–Crippen LogP) is 2.42. The van der Waals surface area contributed by atoms with E-state index < -0.39 is 5.66 Å². The van der Waals surface area contributed by atoms with Crippen LogP contribution >= 0.6 is 12.4 Å². The molecule has 0 aliphatic carbocycles. The Labute approximate surface area is 132 Å². The Morgan fingerprint density at radius 3 is 2.05 bits per heavy atom. The maximum absolute atomic E-state index is 6.14. The van der Waals surface area contributed by atoms with Gasteiger partial charge in [0.15, 0.2) is 0 Å². The third-order valence-electron chi connectivity index (χ3n) is 3.58. The van der Waals surface area contributed by atoms with Crippen molar-refractivity contribution in [2.45, 2.75) is 46.2 Å². The van der Waals surface area contributed by atoms with Crippen molar-refractivity contribution in [2.24, 2.45) is 21.5 Å². The van der Waals surface area contributed by atoms with E-state index in [-0.39, 0.29) is 18.4 Å². The number of halogens is 1. The fourth-order valence-corrected chi connectivity index (χ4v) is 2.69. The summed E-state index contributed by atoms with van der Waals surface area (Å²) in [6.07, 6.45) is 1.87. The lowest BCUT2D eigenvalue weighted by atomic mass is 9.99. The van der Waals surface area contributed by atoms with Crippen molar-refractivity contribution in [3.05, 3.63) is 29.3 Å². The lowest BCUT2D eigenvalue weighted by Gasteiger charge is -2.40. The zero-order valence-electron chi connectivity index (χ0n) is 13.1. The Morgan fingerprint density at radius 2 is 1.62 bits per heavy atom. The molecule has 0 radical (unpaired) electrons. The number of nitrogens with zero attached hydrogens (tertiary/aromatic N) is 3. The highest BCUT2D eigenvalue weighted by atomic mass is 35.5. The Hall–Kier alpha value is -1.75. The van der Waals surface area contributed by atoms with Crippen LogP contribution in [0.2, 0.25) is 0 Å². The molecule has 1 aromatic rings. The average molecular weight is 310 g/mol. The van der Waals surface area contributed by atoms with Crippen LogP contribution in [-0.2, 0) is 12.8 Å². The van der Waals surface area contributed by atoms with Crippen molar-refractivity contribution in [2.75, 3.05) is 4.90 Å². The van der Waals surface area contributed by atoms with Crippen molar-refractivity contribution in [1.29, 1.82) is 0 Å². The summed E-state index contributed by atoms with van der Waals surface area (Å²) >= 11 is 0. The van der Waals surface area contributed by atoms with Crippen molar-refractivity contribution < 1.29 is 0 Å². The van der Waals surface area contributed by atoms with E-state index >= 15 is 0 Å². The maximum atomic E-state index is 6.14. The molecule has 0 saturated heterocycles. The lowest BCUT2D eigenvalue weighted by molar-refractivity contribution is 0.531. The third kappa shape index (κ3) is 3.13. The number of anilines is 1. The summed E-state index contributed by atoms with van der Waals surface area (Å²) in [5.74, 6) is 0.633. The standard InChI is InChI=1S/C15H23N5.ClH/c1-5-10-8-7-9-11(6-2)12(10)20-14(17)18-13(16)19-15(20,3)4;/h7-9H,5-6H2,1-4H3,(H4,16,17,18,19);1H. The molecular formula is C15H24ClN5. The molecule has 0 amide bonds. The zero-order valence-corrected chi connectivity index (χ0v) is 13.9. The number of guanidine groups is 2. The highest BCUT2D eigenvalue weighted by Crippen LogP contribution is 2.34. The molecule has 0 fully saturated rings. The predicted molar refractivity (Wildman–Crippen MR) is 92.2 cm³/mol. The minimum Gasteiger partial charge on any atom is -0.369 e. The molecule has 0 saturated carbocycles. The number of para-hydroxylation sites is 1. The largest absolute Gasteiger partial charge is 0.369 e. The van der Waals surface area contributed by atoms with E-state index in [1.54, 1.807) is 0 Å². The van der Waals surface area contributed by atoms with Crippen LogP contribution in [0.4, 0.5) is 5.69 Å². The van der Waals surface area contributed by atoms with E-state index in [1.165, 1.54) is 11.1 Å². The van der Waals surface area contributed by atoms with Crippen molar-refractivity contribution in [3.8, 4) is 0 Å². The van der Waals surface area contributed by atoms with E-state index in [4.69, 9.17) is 11.5 Å². The Morgan fingerprint density at radius 1 is 1.10 bits per heavy atom. The molecule has 1 aromatic carbocycles. The number of hydrogen-bond acceptors (Lipinski definition) is 5. The Balaban J connectivity index is 0.00000220. The second kappa shape index (κ2) is 6.35. The van der Waals surface area contributed by atoms with Crippen LogP contribution < -0.4 is 16.4 Å². The second-order valence-electron chi connectivity index (χ2n) is 5.40. The minimum absolute atomic E-state index is 0. The molecule has 0 atom stereocenters. The number of aliphatic imine (C=N–C) groups is 2. The van der Waals surface area contributed by atoms with Gasteiger partial charge in [-0.15, -0.1) is 12.4 Å². The molecule has 1 aliphatic rings. The van der Waals surface area contributed by atoms with Gasteiger partial charge in [-0.2, -0.15) is 4.99 Å². The molecule has 116 valence electrons. The summed E-state index contributed by atoms with van der Waals surface area (Å²) in [4.78, 5) is 10.5. The second-order valence-corrected chi connectivity index (χ2v) is 5.40. The highest BCUT2D eigenvalue weighted by molar-refractivity contribution is 6.06. The van der Waals surface area contributed by atoms with Gasteiger partial charge in [0.25, 0.3) is 0 Å². The first-order valence-corrected chi connectivity index (χ1v) is 7.01. The van der Waals surface area contributed by atoms with Crippen molar-refractivity contribution >= 4 is 30.0 Å². The van der Waals surface area contributed by atoms with Crippen LogP contribution in [0.3, 0.4) is 0 Å². The molecule has 0 bridgehead atoms. The smallest absolute Gasteiger partial charge is 0.220 e. The van der Waals surface area contributed by atoms with Gasteiger partial charge >= 0.3 is 0 Å². The molecule has 2 rings (SSSR count). The maximum Gasteiger partial charge on any atom is 0.220 e. The summed E-state index contributed by atoms with van der Waals surface area (Å²) in [5, 5.41) is 0. The molecule has 0 unspecified atom stereocenters. The average Bonchev–Trinajstić information content (AvgIpc) is 2.36. The van der Waals surface area contributed by atoms with Gasteiger partial charge in [0.05, 0.1) is 5.69 Å². The van der Waals surface area contributed by atoms with Gasteiger partial charge < -0.3 is 11.5 Å². The first-order valence-electron chi connectivity index (χ1n) is 7.01. The molecule has 1 aliphatic heterocycles. The van der Waals surface area contributed by atoms with Gasteiger partial charge in [-0.1, -0.05) is 32.0 Å². The van der Waals surface area contributed by atoms with Crippen molar-refractivity contribution in [1.82, 2.24) is 0 Å². The van der Waals surface area contributed by atoms with Gasteiger partial charge in [0, 0.05) is 0 Å². The Bertz CT molecular complexity index is 555. The fourth-order valence-electron chi connectivity index (χ4n) is 2.69. The van der Waals surface area contributed by atoms with Crippen LogP contribution in [0.25, 0.3) is 0 Å². The van der Waals surface area contributed by atoms with E-state index in [0.29, 0.717) is 5.96 Å². The summed E-state index contributed by atoms with van der Waals surface area (Å²) < 4.78 is 0. The molecule has 0 aromatic heterocycles. The summed E-state index contributed by atoms with van der Waals surface area (Å²) in [7, 11) is 0. The third-order valence-corrected chi connectivity index (χ3v) is 3.58. The topological polar surface area (TPSA) is 80.0 Å². The minimum atomic E-state index is -0.537. The van der Waals surface area contributed by atoms with Gasteiger partial charge in [0.2, 0.25) is 11.9 Å². The van der Waals surface area contributed by atoms with Gasteiger partial charge in [0.1, 0.15) is 5.66 Å². The number of aryl methyl sites for hydroxylation is 2. The molecule has 1 heterocycles. The fraction of sp³-hybridized carbons (Fsp3) is 0.467. The zero-order chi connectivity index (χ0) is 14.9. The van der Waals surface area contributed by atoms with E-state index in [9.17, 15) is 0 Å². The van der Waals surface area contributed by atoms with Crippen molar-refractivity contribution in [3.63, 3.8) is 0 Å². The highest BCUT2D eigenvalue weighted by Gasteiger charge is 2.35. The number of hydrogen-bond donors (Lipinski definition) is 2. The Kier molecular flexibility index (Phi) is 5.23. The normalized spacial score (nSPS) is 16.9. The summed E-state index contributed by atoms with van der Waals surface area (Å²) in [6.45, 7) is 8.26. The first-order chi connectivity index (χ1) is 9.40. The number of nitrogens with two attached hydrogens (primary N) is 2. The SMILES string of the molecule is CCc1cccc(CC)c1N1C(N)=NC(N)=NC1(C)C.Cl. The molecular weight excluding hydrogens is 286 g/mol. The molecule has 0 spiro atoms. The molecule has 5 nitrogen and oxygen atoms in total. The van der Waals surface area contributed by atoms with Gasteiger partial charge in [-0.05, 0) is 37.8 Å². The van der Waals surface area contributed by atoms with Crippen LogP contribution in [0.15, 0.2) is 28.2 Å². The van der Waals surface area contributed by atoms with Crippen LogP contribution in [-0.4, -0.2) is 17.6 Å². The van der Waals surface area contributed by atoms with Crippen LogP contribution in [0.5, 0.6) is 0 Å². The van der Waals surface area contributed by atoms with Gasteiger partial charge in [-0.25, -0.2) is 4.99 Å². The first kappa shape index (κ1) is 17.3. The van der Waals surface area contributed by atoms with E-state index in [2.05, 4.69) is 42.0 Å². The molecule has 4 N–H and O–H groups in total. The summed E-state index contributed by atoms with van der Waals surface area (Å²) in [6, 6.07) is 6.34. The lowest BCUT2D eigenvalue weighted by Crippen LogP contribution is -2.55. The number of rotatable bonds is 3. The monoisotopic (exact) mass is 309 g/mol. The van der Waals surface area contributed by atoms with Crippen LogP contribution in [0.1, 0.15) is 38.8 Å². The van der Waals surface area contributed by atoms with E-state index in [1.807, 2.05) is 18.7 Å².